The molecule has 0 aliphatic heterocycles. The zero-order valence-corrected chi connectivity index (χ0v) is 16.7. The van der Waals surface area contributed by atoms with E-state index in [0.717, 1.165) is 17.8 Å². The van der Waals surface area contributed by atoms with E-state index in [4.69, 9.17) is 29.5 Å². The first-order valence-corrected chi connectivity index (χ1v) is 14.2. The summed E-state index contributed by atoms with van der Waals surface area (Å²) in [6.07, 6.45) is 11.5. The van der Waals surface area contributed by atoms with E-state index >= 15 is 0 Å². The molecule has 0 unspecified atom stereocenters. The Hall–Kier alpha value is 1.62. The molecule has 0 aromatic carbocycles. The van der Waals surface area contributed by atoms with Crippen molar-refractivity contribution in [3.63, 3.8) is 0 Å². The van der Waals surface area contributed by atoms with Crippen LogP contribution in [0.4, 0.5) is 0 Å². The molecule has 0 aromatic heterocycles. The quantitative estimate of drug-likeness (QED) is 0.370. The van der Waals surface area contributed by atoms with Crippen molar-refractivity contribution >= 4 is 43.5 Å². The molecule has 4 aliphatic rings. The normalized spacial score (nSPS) is 38.6. The molecule has 4 bridgehead atoms. The Morgan fingerprint density at radius 2 is 1.45 bits per heavy atom. The first-order valence-electron chi connectivity index (χ1n) is 7.46. The van der Waals surface area contributed by atoms with Crippen LogP contribution in [0.5, 0.6) is 0 Å². The van der Waals surface area contributed by atoms with Crippen LogP contribution in [0.1, 0.15) is 52.4 Å². The Morgan fingerprint density at radius 3 is 1.80 bits per heavy atom. The van der Waals surface area contributed by atoms with Gasteiger partial charge in [0.25, 0.3) is 0 Å². The van der Waals surface area contributed by atoms with Crippen LogP contribution in [0.3, 0.4) is 0 Å². The van der Waals surface area contributed by atoms with Gasteiger partial charge in [0.2, 0.25) is 0 Å². The molecule has 0 nitrogen and oxygen atoms in total. The van der Waals surface area contributed by atoms with Gasteiger partial charge in [-0.15, -0.1) is 0 Å². The van der Waals surface area contributed by atoms with Crippen LogP contribution in [-0.2, 0) is 12.3 Å². The Bertz CT molecular complexity index is 306. The average molecular weight is 392 g/mol. The molecule has 4 saturated carbocycles. The Kier molecular flexibility index (Phi) is 7.14. The van der Waals surface area contributed by atoms with E-state index in [1.54, 1.807) is 19.3 Å². The van der Waals surface area contributed by atoms with Crippen molar-refractivity contribution in [2.75, 3.05) is 0 Å². The molecule has 4 fully saturated rings. The summed E-state index contributed by atoms with van der Waals surface area (Å²) in [7, 11) is 16.2. The molecule has 0 heterocycles. The van der Waals surface area contributed by atoms with Gasteiger partial charge in [-0.05, 0) is 37.0 Å². The van der Waals surface area contributed by atoms with Crippen molar-refractivity contribution in [2.24, 2.45) is 29.1 Å². The topological polar surface area (TPSA) is 0 Å². The van der Waals surface area contributed by atoms with Gasteiger partial charge in [0.1, 0.15) is 0 Å². The van der Waals surface area contributed by atoms with Gasteiger partial charge in [0.15, 0.2) is 0 Å². The molecule has 0 spiro atoms. The van der Waals surface area contributed by atoms with Gasteiger partial charge in [-0.3, -0.25) is 0 Å². The van der Waals surface area contributed by atoms with Crippen molar-refractivity contribution in [3.8, 4) is 0 Å². The summed E-state index contributed by atoms with van der Waals surface area (Å²) in [6.45, 7) is 4.54. The molecule has 0 saturated heterocycles. The van der Waals surface area contributed by atoms with Gasteiger partial charge in [-0.1, -0.05) is 33.1 Å². The van der Waals surface area contributed by atoms with Crippen molar-refractivity contribution in [3.05, 3.63) is 6.16 Å². The third kappa shape index (κ3) is 5.36. The van der Waals surface area contributed by atoms with Gasteiger partial charge in [0.05, 0.1) is 0 Å². The Balaban J connectivity index is 0.000000328. The van der Waals surface area contributed by atoms with Crippen molar-refractivity contribution in [2.45, 2.75) is 52.4 Å². The zero-order valence-electron chi connectivity index (χ0n) is 12.2. The third-order valence-corrected chi connectivity index (χ3v) is 6.06. The fraction of sp³-hybridized carbons (Fsp3) is 0.867. The van der Waals surface area contributed by atoms with Crippen LogP contribution < -0.4 is 0 Å². The molecule has 0 N–H and O–H groups in total. The van der Waals surface area contributed by atoms with Crippen LogP contribution in [0, 0.1) is 35.2 Å². The second-order valence-electron chi connectivity index (χ2n) is 7.02. The van der Waals surface area contributed by atoms with Crippen LogP contribution >= 0.6 is 37.7 Å². The molecule has 20 heavy (non-hydrogen) atoms. The molecule has 116 valence electrons. The summed E-state index contributed by atoms with van der Waals surface area (Å²) in [5, 5.41) is 0. The van der Waals surface area contributed by atoms with Crippen molar-refractivity contribution < 1.29 is 12.3 Å². The Morgan fingerprint density at radius 1 is 1.05 bits per heavy atom. The predicted octanol–water partition coefficient (Wildman–Crippen LogP) is 6.71. The van der Waals surface area contributed by atoms with Crippen LogP contribution in [0.15, 0.2) is 0 Å². The summed E-state index contributed by atoms with van der Waals surface area (Å²) in [5.41, 5.74) is 0.543. The summed E-state index contributed by atoms with van der Waals surface area (Å²) in [4.78, 5) is 0. The second kappa shape index (κ2) is 7.94. The first kappa shape index (κ1) is 18.0. The van der Waals surface area contributed by atoms with Gasteiger partial charge >= 0.3 is 41.8 Å². The molecule has 0 radical (unpaired) electrons. The summed E-state index contributed by atoms with van der Waals surface area (Å²) >= 11 is -1.77. The van der Waals surface area contributed by atoms with Crippen LogP contribution in [0.25, 0.3) is 0 Å². The van der Waals surface area contributed by atoms with Gasteiger partial charge in [0, 0.05) is 0 Å². The molecule has 4 aliphatic carbocycles. The fourth-order valence-electron chi connectivity index (χ4n) is 4.57. The number of hydrogen-bond acceptors (Lipinski definition) is 0. The third-order valence-electron chi connectivity index (χ3n) is 4.71. The van der Waals surface area contributed by atoms with Crippen molar-refractivity contribution in [1.82, 2.24) is 0 Å². The zero-order chi connectivity index (χ0) is 14.8. The predicted molar refractivity (Wildman–Crippen MR) is 89.2 cm³/mol. The molecule has 4 rings (SSSR count). The number of hydrogen-bond donors (Lipinski definition) is 0. The van der Waals surface area contributed by atoms with E-state index in [1.165, 1.54) is 27.5 Å². The van der Waals surface area contributed by atoms with Gasteiger partial charge in [-0.2, -0.15) is 11.3 Å². The average Bonchev–Trinajstić information content (AvgIpc) is 2.24. The fourth-order valence-corrected chi connectivity index (χ4v) is 5.49. The standard InChI is InChI=1S/C15H23P.3ClH.V/c1-11(2)9-16-10-15-6-12-3-13(7-15)5-14(4-12)8-15;;;;/h9,11-14H,3-8H2,1-2H3;3*1H;/q-2;;;;+3/p-3. The first-order chi connectivity index (χ1) is 9.38. The molecular formula is C15H23Cl3PV-2. The van der Waals surface area contributed by atoms with Crippen LogP contribution in [-0.4, -0.2) is 5.80 Å². The summed E-state index contributed by atoms with van der Waals surface area (Å²) in [5.74, 6) is 7.78. The van der Waals surface area contributed by atoms with Crippen LogP contribution in [0.2, 0.25) is 0 Å². The van der Waals surface area contributed by atoms with E-state index in [-0.39, 0.29) is 0 Å². The van der Waals surface area contributed by atoms with E-state index in [9.17, 15) is 0 Å². The maximum absolute atomic E-state index is 4.95. The second-order valence-corrected chi connectivity index (χ2v) is 14.7. The summed E-state index contributed by atoms with van der Waals surface area (Å²) in [6, 6.07) is 0. The molecule has 0 aromatic rings. The van der Waals surface area contributed by atoms with Gasteiger partial charge in [-0.25, -0.2) is 0 Å². The van der Waals surface area contributed by atoms with E-state index in [1.807, 2.05) is 0 Å². The SMILES string of the molecule is CC(C)[CH-]P=[C-]C12CC3CC(CC(C3)C1)C2.[Cl][V]([Cl])[Cl]. The van der Waals surface area contributed by atoms with E-state index in [0.29, 0.717) is 11.3 Å². The van der Waals surface area contributed by atoms with Gasteiger partial charge < -0.3 is 20.2 Å². The minimum absolute atomic E-state index is 0.543. The Labute approximate surface area is 143 Å². The number of rotatable bonds is 3. The molecule has 5 heteroatoms. The molecule has 0 atom stereocenters. The molecule has 0 amide bonds. The monoisotopic (exact) mass is 390 g/mol. The number of halogens is 3. The maximum atomic E-state index is 4.95. The van der Waals surface area contributed by atoms with Crippen molar-refractivity contribution in [1.29, 1.82) is 0 Å². The van der Waals surface area contributed by atoms with E-state index in [2.05, 4.69) is 25.8 Å². The molecular weight excluding hydrogens is 368 g/mol. The minimum atomic E-state index is -1.77. The summed E-state index contributed by atoms with van der Waals surface area (Å²) < 4.78 is 0. The van der Waals surface area contributed by atoms with E-state index < -0.39 is 12.3 Å².